The molecule has 0 atom stereocenters. The number of carboxylic acid groups (broad SMARTS) is 1. The molecule has 0 aromatic rings. The van der Waals surface area contributed by atoms with E-state index in [1.54, 1.807) is 0 Å². The van der Waals surface area contributed by atoms with Gasteiger partial charge in [-0.25, -0.2) is 8.78 Å². The summed E-state index contributed by atoms with van der Waals surface area (Å²) in [6.45, 7) is 2.90. The van der Waals surface area contributed by atoms with E-state index >= 15 is 0 Å². The number of likely N-dealkylation sites (tertiary alicyclic amines) is 1. The van der Waals surface area contributed by atoms with Crippen molar-refractivity contribution >= 4 is 11.9 Å². The quantitative estimate of drug-likeness (QED) is 0.829. The smallest absolute Gasteiger partial charge is 0.309 e. The Morgan fingerprint density at radius 1 is 1.29 bits per heavy atom. The van der Waals surface area contributed by atoms with Crippen molar-refractivity contribution in [2.45, 2.75) is 39.0 Å². The maximum Gasteiger partial charge on any atom is 0.309 e. The van der Waals surface area contributed by atoms with Gasteiger partial charge in [-0.15, -0.1) is 0 Å². The number of carboxylic acids is 1. The summed E-state index contributed by atoms with van der Waals surface area (Å²) in [5.41, 5.74) is -1.16. The van der Waals surface area contributed by atoms with Crippen LogP contribution in [0.1, 0.15) is 33.1 Å². The predicted molar refractivity (Wildman–Crippen MR) is 56.8 cm³/mol. The van der Waals surface area contributed by atoms with Gasteiger partial charge >= 0.3 is 5.97 Å². The fourth-order valence-electron chi connectivity index (χ4n) is 1.65. The number of carbonyl (C=O) groups is 2. The molecule has 6 heteroatoms. The summed E-state index contributed by atoms with van der Waals surface area (Å²) in [4.78, 5) is 23.9. The number of nitrogens with zero attached hydrogens (tertiary/aromatic N) is 1. The normalized spacial score (nSPS) is 20.1. The molecule has 0 aliphatic carbocycles. The molecule has 0 bridgehead atoms. The van der Waals surface area contributed by atoms with E-state index in [0.717, 1.165) is 0 Å². The topological polar surface area (TPSA) is 57.6 Å². The van der Waals surface area contributed by atoms with E-state index in [1.165, 1.54) is 18.7 Å². The van der Waals surface area contributed by atoms with Gasteiger partial charge in [-0.1, -0.05) is 0 Å². The van der Waals surface area contributed by atoms with E-state index in [9.17, 15) is 18.4 Å². The Balaban J connectivity index is 2.53. The molecule has 17 heavy (non-hydrogen) atoms. The third-order valence-electron chi connectivity index (χ3n) is 3.02. The van der Waals surface area contributed by atoms with Crippen LogP contribution in [0.15, 0.2) is 0 Å². The minimum atomic E-state index is -2.70. The Morgan fingerprint density at radius 3 is 2.18 bits per heavy atom. The van der Waals surface area contributed by atoms with E-state index < -0.39 is 17.3 Å². The molecular formula is C11H17F2NO3. The van der Waals surface area contributed by atoms with Crippen LogP contribution in [0.5, 0.6) is 0 Å². The van der Waals surface area contributed by atoms with Crippen LogP contribution < -0.4 is 0 Å². The number of aliphatic carboxylic acids is 1. The second-order valence-electron chi connectivity index (χ2n) is 5.10. The Labute approximate surface area is 98.6 Å². The first-order valence-electron chi connectivity index (χ1n) is 5.53. The van der Waals surface area contributed by atoms with E-state index in [0.29, 0.717) is 0 Å². The maximum absolute atomic E-state index is 12.9. The lowest BCUT2D eigenvalue weighted by molar-refractivity contribution is -0.153. The van der Waals surface area contributed by atoms with Gasteiger partial charge in [0.05, 0.1) is 5.41 Å². The molecule has 1 fully saturated rings. The van der Waals surface area contributed by atoms with Gasteiger partial charge in [0.2, 0.25) is 5.91 Å². The number of piperidine rings is 1. The predicted octanol–water partition coefficient (Wildman–Crippen LogP) is 1.75. The summed E-state index contributed by atoms with van der Waals surface area (Å²) in [5.74, 6) is -4.12. The fraction of sp³-hybridized carbons (Fsp3) is 0.818. The molecule has 1 heterocycles. The lowest BCUT2D eigenvalue weighted by Gasteiger charge is -2.33. The van der Waals surface area contributed by atoms with Crippen LogP contribution >= 0.6 is 0 Å². The highest BCUT2D eigenvalue weighted by Crippen LogP contribution is 2.29. The van der Waals surface area contributed by atoms with Crippen molar-refractivity contribution in [2.75, 3.05) is 13.1 Å². The summed E-state index contributed by atoms with van der Waals surface area (Å²) < 4.78 is 25.8. The summed E-state index contributed by atoms with van der Waals surface area (Å²) in [6.07, 6.45) is -0.841. The molecule has 0 unspecified atom stereocenters. The number of halogens is 2. The first-order chi connectivity index (χ1) is 7.64. The summed E-state index contributed by atoms with van der Waals surface area (Å²) in [7, 11) is 0. The SMILES string of the molecule is CC(C)(CC(=O)N1CCC(F)(F)CC1)C(=O)O. The molecule has 1 aliphatic heterocycles. The molecule has 4 nitrogen and oxygen atoms in total. The van der Waals surface area contributed by atoms with E-state index in [-0.39, 0.29) is 38.3 Å². The molecule has 1 N–H and O–H groups in total. The Hall–Kier alpha value is -1.20. The molecule has 1 aliphatic rings. The van der Waals surface area contributed by atoms with Crippen molar-refractivity contribution in [2.24, 2.45) is 5.41 Å². The minimum absolute atomic E-state index is 0.00152. The number of carbonyl (C=O) groups excluding carboxylic acids is 1. The minimum Gasteiger partial charge on any atom is -0.481 e. The monoisotopic (exact) mass is 249 g/mol. The third-order valence-corrected chi connectivity index (χ3v) is 3.02. The van der Waals surface area contributed by atoms with Gasteiger partial charge in [-0.3, -0.25) is 9.59 Å². The van der Waals surface area contributed by atoms with Crippen LogP contribution in [0.25, 0.3) is 0 Å². The lowest BCUT2D eigenvalue weighted by Crippen LogP contribution is -2.44. The van der Waals surface area contributed by atoms with Crippen molar-refractivity contribution in [1.82, 2.24) is 4.90 Å². The maximum atomic E-state index is 12.9. The van der Waals surface area contributed by atoms with Gasteiger partial charge in [0.15, 0.2) is 0 Å². The van der Waals surface area contributed by atoms with Gasteiger partial charge in [-0.2, -0.15) is 0 Å². The number of alkyl halides is 2. The average molecular weight is 249 g/mol. The van der Waals surface area contributed by atoms with Crippen LogP contribution in [0.3, 0.4) is 0 Å². The van der Waals surface area contributed by atoms with Crippen molar-refractivity contribution in [3.8, 4) is 0 Å². The highest BCUT2D eigenvalue weighted by molar-refractivity contribution is 5.84. The largest absolute Gasteiger partial charge is 0.481 e. The molecule has 0 radical (unpaired) electrons. The molecule has 1 amide bonds. The van der Waals surface area contributed by atoms with Crippen LogP contribution in [-0.2, 0) is 9.59 Å². The van der Waals surface area contributed by atoms with Crippen LogP contribution in [-0.4, -0.2) is 40.9 Å². The molecule has 1 rings (SSSR count). The number of hydrogen-bond donors (Lipinski definition) is 1. The molecule has 98 valence electrons. The van der Waals surface area contributed by atoms with Crippen LogP contribution in [0.2, 0.25) is 0 Å². The second-order valence-corrected chi connectivity index (χ2v) is 5.10. The molecule has 0 spiro atoms. The van der Waals surface area contributed by atoms with Gasteiger partial charge in [-0.05, 0) is 13.8 Å². The number of rotatable bonds is 3. The zero-order valence-electron chi connectivity index (χ0n) is 10.0. The average Bonchev–Trinajstić information content (AvgIpc) is 2.16. The van der Waals surface area contributed by atoms with Gasteiger partial charge in [0, 0.05) is 32.4 Å². The molecular weight excluding hydrogens is 232 g/mol. The van der Waals surface area contributed by atoms with Crippen molar-refractivity contribution in [1.29, 1.82) is 0 Å². The lowest BCUT2D eigenvalue weighted by atomic mass is 9.88. The van der Waals surface area contributed by atoms with Crippen LogP contribution in [0, 0.1) is 5.41 Å². The third kappa shape index (κ3) is 3.64. The summed E-state index contributed by atoms with van der Waals surface area (Å²) in [6, 6.07) is 0. The zero-order chi connectivity index (χ0) is 13.3. The highest BCUT2D eigenvalue weighted by atomic mass is 19.3. The molecule has 1 saturated heterocycles. The molecule has 0 aromatic carbocycles. The Bertz CT molecular complexity index is 319. The number of hydrogen-bond acceptors (Lipinski definition) is 2. The second kappa shape index (κ2) is 4.58. The highest BCUT2D eigenvalue weighted by Gasteiger charge is 2.38. The van der Waals surface area contributed by atoms with Gasteiger partial charge in [0.25, 0.3) is 5.92 Å². The van der Waals surface area contributed by atoms with E-state index in [2.05, 4.69) is 0 Å². The Morgan fingerprint density at radius 2 is 1.76 bits per heavy atom. The number of amides is 1. The Kier molecular flexibility index (Phi) is 3.74. The van der Waals surface area contributed by atoms with Crippen molar-refractivity contribution in [3.63, 3.8) is 0 Å². The van der Waals surface area contributed by atoms with E-state index in [1.807, 2.05) is 0 Å². The van der Waals surface area contributed by atoms with Crippen molar-refractivity contribution < 1.29 is 23.5 Å². The summed E-state index contributed by atoms with van der Waals surface area (Å²) in [5, 5.41) is 8.88. The first kappa shape index (κ1) is 13.9. The van der Waals surface area contributed by atoms with Crippen molar-refractivity contribution in [3.05, 3.63) is 0 Å². The standard InChI is InChI=1S/C11H17F2NO3/c1-10(2,9(16)17)7-8(15)14-5-3-11(12,13)4-6-14/h3-7H2,1-2H3,(H,16,17). The first-order valence-corrected chi connectivity index (χ1v) is 5.53. The molecule has 0 aromatic heterocycles. The van der Waals surface area contributed by atoms with E-state index in [4.69, 9.17) is 5.11 Å². The van der Waals surface area contributed by atoms with Crippen LogP contribution in [0.4, 0.5) is 8.78 Å². The fourth-order valence-corrected chi connectivity index (χ4v) is 1.65. The van der Waals surface area contributed by atoms with Gasteiger partial charge in [0.1, 0.15) is 0 Å². The summed E-state index contributed by atoms with van der Waals surface area (Å²) >= 11 is 0. The van der Waals surface area contributed by atoms with Gasteiger partial charge < -0.3 is 10.0 Å². The zero-order valence-corrected chi connectivity index (χ0v) is 10.0. The molecule has 0 saturated carbocycles.